The number of fused-ring (bicyclic) bond motifs is 3. The summed E-state index contributed by atoms with van der Waals surface area (Å²) in [5.74, 6) is 1.71. The van der Waals surface area contributed by atoms with Crippen molar-refractivity contribution < 1.29 is 9.53 Å². The standard InChI is InChI=1S/C26H27N3O2/c1-31-20-13-14-21-19(16-20)12-15-22-24(21)28-23(17-8-4-2-5-9-17)25(27-22)29-26(30)18-10-6-3-7-11-18/h3,6-7,10-11,13-14,16-17H,2,4-5,8-9,12,15H2,1H3,(H,27,29,30). The first-order chi connectivity index (χ1) is 15.2. The van der Waals surface area contributed by atoms with Crippen molar-refractivity contribution in [2.45, 2.75) is 50.9 Å². The molecule has 31 heavy (non-hydrogen) atoms. The van der Waals surface area contributed by atoms with Gasteiger partial charge in [0, 0.05) is 17.0 Å². The molecule has 0 bridgehead atoms. The van der Waals surface area contributed by atoms with Crippen LogP contribution in [0.1, 0.15) is 65.3 Å². The molecule has 5 rings (SSSR count). The predicted octanol–water partition coefficient (Wildman–Crippen LogP) is 5.55. The van der Waals surface area contributed by atoms with Crippen molar-refractivity contribution in [1.82, 2.24) is 9.97 Å². The molecule has 2 aliphatic rings. The van der Waals surface area contributed by atoms with Gasteiger partial charge in [0.2, 0.25) is 0 Å². The minimum atomic E-state index is -0.132. The van der Waals surface area contributed by atoms with E-state index < -0.39 is 0 Å². The molecule has 1 N–H and O–H groups in total. The number of rotatable bonds is 4. The number of aromatic nitrogens is 2. The van der Waals surface area contributed by atoms with Gasteiger partial charge in [-0.15, -0.1) is 0 Å². The predicted molar refractivity (Wildman–Crippen MR) is 122 cm³/mol. The summed E-state index contributed by atoms with van der Waals surface area (Å²) in [5.41, 5.74) is 5.87. The van der Waals surface area contributed by atoms with Gasteiger partial charge in [0.1, 0.15) is 5.75 Å². The Labute approximate surface area is 182 Å². The number of anilines is 1. The Morgan fingerprint density at radius 3 is 2.58 bits per heavy atom. The number of nitrogens with zero attached hydrogens (tertiary/aromatic N) is 2. The van der Waals surface area contributed by atoms with E-state index in [2.05, 4.69) is 17.4 Å². The highest BCUT2D eigenvalue weighted by Gasteiger charge is 2.27. The van der Waals surface area contributed by atoms with Crippen molar-refractivity contribution in [3.05, 3.63) is 71.0 Å². The number of hydrogen-bond donors (Lipinski definition) is 1. The topological polar surface area (TPSA) is 64.1 Å². The second kappa shape index (κ2) is 8.50. The molecular formula is C26H27N3O2. The molecule has 2 aliphatic carbocycles. The molecule has 2 aromatic carbocycles. The van der Waals surface area contributed by atoms with Crippen LogP contribution in [-0.2, 0) is 12.8 Å². The van der Waals surface area contributed by atoms with Gasteiger partial charge in [-0.3, -0.25) is 4.79 Å². The lowest BCUT2D eigenvalue weighted by Gasteiger charge is -2.26. The van der Waals surface area contributed by atoms with Crippen molar-refractivity contribution in [1.29, 1.82) is 0 Å². The summed E-state index contributed by atoms with van der Waals surface area (Å²) in [7, 11) is 1.70. The normalized spacial score (nSPS) is 15.6. The van der Waals surface area contributed by atoms with Gasteiger partial charge in [-0.1, -0.05) is 37.5 Å². The van der Waals surface area contributed by atoms with Crippen LogP contribution in [0.2, 0.25) is 0 Å². The summed E-state index contributed by atoms with van der Waals surface area (Å²) in [4.78, 5) is 23.0. The van der Waals surface area contributed by atoms with Crippen molar-refractivity contribution in [3.63, 3.8) is 0 Å². The van der Waals surface area contributed by atoms with Gasteiger partial charge in [0.05, 0.1) is 24.2 Å². The molecule has 0 saturated heterocycles. The van der Waals surface area contributed by atoms with Crippen LogP contribution in [-0.4, -0.2) is 23.0 Å². The van der Waals surface area contributed by atoms with E-state index in [9.17, 15) is 4.79 Å². The third-order valence-corrected chi connectivity index (χ3v) is 6.45. The summed E-state index contributed by atoms with van der Waals surface area (Å²) in [6.45, 7) is 0. The average Bonchev–Trinajstić information content (AvgIpc) is 2.84. The van der Waals surface area contributed by atoms with Gasteiger partial charge in [0.25, 0.3) is 5.91 Å². The molecule has 0 unspecified atom stereocenters. The van der Waals surface area contributed by atoms with Crippen molar-refractivity contribution in [2.24, 2.45) is 0 Å². The number of methoxy groups -OCH3 is 1. The van der Waals surface area contributed by atoms with Gasteiger partial charge < -0.3 is 10.1 Å². The van der Waals surface area contributed by atoms with Gasteiger partial charge in [-0.05, 0) is 61.6 Å². The lowest BCUT2D eigenvalue weighted by Crippen LogP contribution is -2.20. The van der Waals surface area contributed by atoms with E-state index in [4.69, 9.17) is 14.7 Å². The van der Waals surface area contributed by atoms with Crippen LogP contribution >= 0.6 is 0 Å². The first kappa shape index (κ1) is 19.7. The van der Waals surface area contributed by atoms with Crippen LogP contribution in [0.5, 0.6) is 5.75 Å². The first-order valence-electron chi connectivity index (χ1n) is 11.2. The number of amides is 1. The number of benzene rings is 2. The zero-order valence-corrected chi connectivity index (χ0v) is 17.9. The summed E-state index contributed by atoms with van der Waals surface area (Å²) in [5, 5.41) is 3.08. The van der Waals surface area contributed by atoms with Crippen molar-refractivity contribution in [3.8, 4) is 17.0 Å². The van der Waals surface area contributed by atoms with E-state index in [1.54, 1.807) is 7.11 Å². The largest absolute Gasteiger partial charge is 0.497 e. The lowest BCUT2D eigenvalue weighted by molar-refractivity contribution is 0.102. The molecule has 3 aromatic rings. The molecule has 158 valence electrons. The maximum atomic E-state index is 12.9. The first-order valence-corrected chi connectivity index (χ1v) is 11.2. The third-order valence-electron chi connectivity index (χ3n) is 6.45. The Kier molecular flexibility index (Phi) is 5.41. The molecule has 5 heteroatoms. The summed E-state index contributed by atoms with van der Waals surface area (Å²) >= 11 is 0. The van der Waals surface area contributed by atoms with Crippen LogP contribution < -0.4 is 10.1 Å². The fraction of sp³-hybridized carbons (Fsp3) is 0.346. The van der Waals surface area contributed by atoms with Crippen LogP contribution in [0.4, 0.5) is 5.82 Å². The Bertz CT molecular complexity index is 1110. The zero-order chi connectivity index (χ0) is 21.2. The average molecular weight is 414 g/mol. The molecule has 1 heterocycles. The smallest absolute Gasteiger partial charge is 0.256 e. The second-order valence-electron chi connectivity index (χ2n) is 8.43. The molecule has 1 aromatic heterocycles. The van der Waals surface area contributed by atoms with Crippen LogP contribution in [0.15, 0.2) is 48.5 Å². The number of carbonyl (C=O) groups excluding carboxylic acids is 1. The highest BCUT2D eigenvalue weighted by Crippen LogP contribution is 2.39. The zero-order valence-electron chi connectivity index (χ0n) is 17.9. The molecule has 0 spiro atoms. The molecule has 0 radical (unpaired) electrons. The minimum Gasteiger partial charge on any atom is -0.497 e. The monoisotopic (exact) mass is 413 g/mol. The Morgan fingerprint density at radius 2 is 1.81 bits per heavy atom. The lowest BCUT2D eigenvalue weighted by atomic mass is 9.85. The van der Waals surface area contributed by atoms with Gasteiger partial charge in [0.15, 0.2) is 5.82 Å². The highest BCUT2D eigenvalue weighted by atomic mass is 16.5. The van der Waals surface area contributed by atoms with Crippen LogP contribution in [0, 0.1) is 0 Å². The molecule has 5 nitrogen and oxygen atoms in total. The SMILES string of the molecule is COc1ccc2c(c1)CCc1nc(NC(=O)c3ccccc3)c(C3CCCCC3)nc1-2. The van der Waals surface area contributed by atoms with Crippen molar-refractivity contribution >= 4 is 11.7 Å². The fourth-order valence-corrected chi connectivity index (χ4v) is 4.78. The maximum absolute atomic E-state index is 12.9. The van der Waals surface area contributed by atoms with E-state index in [0.717, 1.165) is 54.1 Å². The molecule has 1 saturated carbocycles. The third kappa shape index (κ3) is 3.92. The van der Waals surface area contributed by atoms with E-state index in [-0.39, 0.29) is 5.91 Å². The number of carbonyl (C=O) groups is 1. The van der Waals surface area contributed by atoms with Crippen molar-refractivity contribution in [2.75, 3.05) is 12.4 Å². The number of hydrogen-bond acceptors (Lipinski definition) is 4. The summed E-state index contributed by atoms with van der Waals surface area (Å²) < 4.78 is 5.41. The molecule has 0 aliphatic heterocycles. The Balaban J connectivity index is 1.57. The summed E-state index contributed by atoms with van der Waals surface area (Å²) in [6, 6.07) is 15.5. The summed E-state index contributed by atoms with van der Waals surface area (Å²) in [6.07, 6.45) is 7.55. The van der Waals surface area contributed by atoms with Gasteiger partial charge in [-0.2, -0.15) is 0 Å². The van der Waals surface area contributed by atoms with E-state index >= 15 is 0 Å². The number of nitrogens with one attached hydrogen (secondary N) is 1. The number of aryl methyl sites for hydroxylation is 2. The highest BCUT2D eigenvalue weighted by molar-refractivity contribution is 6.04. The molecule has 1 amide bonds. The Hall–Kier alpha value is -3.21. The van der Waals surface area contributed by atoms with Gasteiger partial charge >= 0.3 is 0 Å². The van der Waals surface area contributed by atoms with E-state index in [1.807, 2.05) is 36.4 Å². The molecule has 1 fully saturated rings. The quantitative estimate of drug-likeness (QED) is 0.609. The molecular weight excluding hydrogens is 386 g/mol. The van der Waals surface area contributed by atoms with Crippen LogP contribution in [0.25, 0.3) is 11.3 Å². The van der Waals surface area contributed by atoms with Crippen LogP contribution in [0.3, 0.4) is 0 Å². The Morgan fingerprint density at radius 1 is 1.00 bits per heavy atom. The minimum absolute atomic E-state index is 0.132. The second-order valence-corrected chi connectivity index (χ2v) is 8.43. The maximum Gasteiger partial charge on any atom is 0.256 e. The van der Waals surface area contributed by atoms with E-state index in [1.165, 1.54) is 24.8 Å². The fourth-order valence-electron chi connectivity index (χ4n) is 4.78. The molecule has 0 atom stereocenters. The van der Waals surface area contributed by atoms with E-state index in [0.29, 0.717) is 17.3 Å². The van der Waals surface area contributed by atoms with Gasteiger partial charge in [-0.25, -0.2) is 9.97 Å². The number of ether oxygens (including phenoxy) is 1.